The van der Waals surface area contributed by atoms with E-state index in [2.05, 4.69) is 95.0 Å². The van der Waals surface area contributed by atoms with E-state index >= 15 is 28.8 Å². The first-order chi connectivity index (χ1) is 64.1. The maximum atomic E-state index is 15.7. The van der Waals surface area contributed by atoms with E-state index in [1.165, 1.54) is 31.2 Å². The van der Waals surface area contributed by atoms with Crippen molar-refractivity contribution in [3.8, 4) is 5.75 Å². The number of ether oxygens (including phenoxy) is 1. The summed E-state index contributed by atoms with van der Waals surface area (Å²) in [6.07, 6.45) is 0.388. The number of rotatable bonds is 49. The van der Waals surface area contributed by atoms with Gasteiger partial charge >= 0.3 is 0 Å². The SMILES string of the molecule is CC(=O)N[C@@H]1CSCC[C@@H](C(=O)N[C@@H](Cc2ccc(O)cc2)C(=O)N[C@@H](Cc2c[nH]c3ccccc23)C(=O)N[C@@H](CCCNC(=N)N)C(=O)N[C@@H](CCCCN)C(=O)N[C@@H](Cc2ccccc2)C(=O)NCC(=O)NCCOCC(=O)N[C@H](CCCCN)C(N)=O)NC(=O)[C@H](CCC(N)=O)NC(=O)[C@H](Cc2c[nH]c3ccccc23)NC(=O)[C@H]([C@@H](C)O)NC(=O)[C@H](CCCNC(=N)N)NC1=O. The molecule has 46 heteroatoms. The van der Waals surface area contributed by atoms with Crippen molar-refractivity contribution in [2.45, 2.75) is 202 Å². The van der Waals surface area contributed by atoms with Gasteiger partial charge in [-0.05, 0) is 149 Å². The number of fused-ring (bicyclic) bond motifs is 2. The van der Waals surface area contributed by atoms with Crippen LogP contribution in [0.1, 0.15) is 120 Å². The Labute approximate surface area is 777 Å². The number of thioether (sulfide) groups is 1. The molecule has 13 atom stereocenters. The summed E-state index contributed by atoms with van der Waals surface area (Å²) in [6, 6.07) is 9.06. The lowest BCUT2D eigenvalue weighted by molar-refractivity contribution is -0.137. The number of guanidine groups is 2. The lowest BCUT2D eigenvalue weighted by Crippen LogP contribution is -2.62. The molecule has 2 aromatic heterocycles. The summed E-state index contributed by atoms with van der Waals surface area (Å²) >= 11 is 0.965. The zero-order valence-electron chi connectivity index (χ0n) is 74.8. The number of carbonyl (C=O) groups excluding carboxylic acids is 16. The number of aromatic amines is 2. The molecule has 0 radical (unpaired) electrons. The van der Waals surface area contributed by atoms with Crippen molar-refractivity contribution in [2.75, 3.05) is 64.0 Å². The fourth-order valence-corrected chi connectivity index (χ4v) is 15.5. The molecule has 134 heavy (non-hydrogen) atoms. The summed E-state index contributed by atoms with van der Waals surface area (Å²) in [7, 11) is 0. The normalized spacial score (nSPS) is 17.9. The lowest BCUT2D eigenvalue weighted by Gasteiger charge is -2.29. The zero-order chi connectivity index (χ0) is 97.8. The maximum Gasteiger partial charge on any atom is 0.246 e. The second kappa shape index (κ2) is 56.0. The smallest absolute Gasteiger partial charge is 0.246 e. The molecular weight excluding hydrogens is 1760 g/mol. The van der Waals surface area contributed by atoms with Gasteiger partial charge in [-0.3, -0.25) is 87.5 Å². The van der Waals surface area contributed by atoms with Gasteiger partial charge in [0.05, 0.1) is 19.3 Å². The predicted octanol–water partition coefficient (Wildman–Crippen LogP) is -5.24. The molecule has 1 aliphatic heterocycles. The van der Waals surface area contributed by atoms with E-state index in [0.29, 0.717) is 69.9 Å². The van der Waals surface area contributed by atoms with Crippen molar-refractivity contribution in [3.05, 3.63) is 138 Å². The number of primary amides is 2. The molecule has 7 rings (SSSR count). The number of aliphatic hydroxyl groups excluding tert-OH is 1. The van der Waals surface area contributed by atoms with Crippen LogP contribution in [0.5, 0.6) is 5.75 Å². The minimum atomic E-state index is -1.85. The Balaban J connectivity index is 1.22. The molecule has 0 unspecified atom stereocenters. The summed E-state index contributed by atoms with van der Waals surface area (Å²) < 4.78 is 5.38. The number of carbonyl (C=O) groups is 16. The Morgan fingerprint density at radius 2 is 1.01 bits per heavy atom. The van der Waals surface area contributed by atoms with Crippen molar-refractivity contribution in [2.24, 2.45) is 34.4 Å². The number of unbranched alkanes of at least 4 members (excludes halogenated alkanes) is 2. The number of phenols is 1. The van der Waals surface area contributed by atoms with Crippen LogP contribution >= 0.6 is 11.8 Å². The molecule has 4 aromatic carbocycles. The van der Waals surface area contributed by atoms with Gasteiger partial charge in [0.25, 0.3) is 0 Å². The lowest BCUT2D eigenvalue weighted by atomic mass is 10.0. The van der Waals surface area contributed by atoms with E-state index < -0.39 is 224 Å². The van der Waals surface area contributed by atoms with Gasteiger partial charge < -0.3 is 144 Å². The fourth-order valence-electron chi connectivity index (χ4n) is 14.5. The van der Waals surface area contributed by atoms with Crippen molar-refractivity contribution >= 4 is 140 Å². The largest absolute Gasteiger partial charge is 0.508 e. The average molecular weight is 1880 g/mol. The van der Waals surface area contributed by atoms with Gasteiger partial charge in [-0.25, -0.2) is 0 Å². The molecule has 728 valence electrons. The van der Waals surface area contributed by atoms with Gasteiger partial charge in [-0.1, -0.05) is 78.9 Å². The van der Waals surface area contributed by atoms with Gasteiger partial charge in [0.1, 0.15) is 84.9 Å². The number of benzene rings is 4. The third-order valence-electron chi connectivity index (χ3n) is 21.6. The minimum absolute atomic E-state index is 0.0211. The van der Waals surface area contributed by atoms with E-state index in [9.17, 15) is 58.2 Å². The van der Waals surface area contributed by atoms with E-state index in [0.717, 1.165) is 18.7 Å². The molecule has 0 aliphatic carbocycles. The Hall–Kier alpha value is -14.0. The van der Waals surface area contributed by atoms with E-state index in [-0.39, 0.29) is 114 Å². The summed E-state index contributed by atoms with van der Waals surface area (Å²) in [4.78, 5) is 235. The Kier molecular flexibility index (Phi) is 44.7. The number of para-hydroxylation sites is 2. The second-order valence-electron chi connectivity index (χ2n) is 32.3. The van der Waals surface area contributed by atoms with Crippen LogP contribution in [0.2, 0.25) is 0 Å². The molecule has 1 saturated heterocycles. The van der Waals surface area contributed by atoms with Gasteiger partial charge in [0, 0.05) is 98.6 Å². The molecule has 0 saturated carbocycles. The summed E-state index contributed by atoms with van der Waals surface area (Å²) in [6.45, 7) is 1.52. The molecule has 3 heterocycles. The maximum absolute atomic E-state index is 15.7. The highest BCUT2D eigenvalue weighted by Crippen LogP contribution is 2.24. The van der Waals surface area contributed by atoms with Crippen molar-refractivity contribution in [1.29, 1.82) is 10.8 Å². The van der Waals surface area contributed by atoms with Crippen molar-refractivity contribution in [3.63, 3.8) is 0 Å². The van der Waals surface area contributed by atoms with Gasteiger partial charge in [-0.2, -0.15) is 11.8 Å². The van der Waals surface area contributed by atoms with Crippen LogP contribution in [-0.2, 0) is 107 Å². The highest BCUT2D eigenvalue weighted by atomic mass is 32.2. The first-order valence-corrected chi connectivity index (χ1v) is 45.3. The monoisotopic (exact) mass is 1880 g/mol. The third kappa shape index (κ3) is 37.0. The van der Waals surface area contributed by atoms with Gasteiger partial charge in [0.2, 0.25) is 94.5 Å². The van der Waals surface area contributed by atoms with Crippen LogP contribution in [0.25, 0.3) is 21.8 Å². The van der Waals surface area contributed by atoms with E-state index in [4.69, 9.17) is 50.0 Å². The van der Waals surface area contributed by atoms with Crippen molar-refractivity contribution < 1.29 is 91.7 Å². The Morgan fingerprint density at radius 1 is 0.507 bits per heavy atom. The number of nitrogens with one attached hydrogen (secondary N) is 20. The topological polar surface area (TPSA) is 751 Å². The molecule has 16 amide bonds. The van der Waals surface area contributed by atoms with E-state index in [1.807, 2.05) is 0 Å². The van der Waals surface area contributed by atoms with Crippen LogP contribution in [0.15, 0.2) is 116 Å². The number of H-pyrrole nitrogens is 2. The molecule has 34 N–H and O–H groups in total. The first kappa shape index (κ1) is 107. The minimum Gasteiger partial charge on any atom is -0.508 e. The quantitative estimate of drug-likeness (QED) is 0.00964. The number of amides is 16. The molecule has 1 aliphatic rings. The second-order valence-corrected chi connectivity index (χ2v) is 33.4. The van der Waals surface area contributed by atoms with Crippen LogP contribution in [0.4, 0.5) is 0 Å². The number of hydrogen-bond acceptors (Lipinski definition) is 24. The number of aliphatic hydroxyl groups is 1. The highest BCUT2D eigenvalue weighted by molar-refractivity contribution is 7.99. The Morgan fingerprint density at radius 3 is 1.60 bits per heavy atom. The van der Waals surface area contributed by atoms with Crippen LogP contribution < -0.4 is 119 Å². The zero-order valence-corrected chi connectivity index (χ0v) is 75.6. The number of hydrogen-bond donors (Lipinski definition) is 28. The number of nitrogens with two attached hydrogens (primary N) is 6. The number of aromatic nitrogens is 2. The third-order valence-corrected chi connectivity index (χ3v) is 22.7. The highest BCUT2D eigenvalue weighted by Gasteiger charge is 2.39. The summed E-state index contributed by atoms with van der Waals surface area (Å²) in [5, 5.41) is 80.6. The molecule has 0 bridgehead atoms. The molecular formula is C88H126N26O19S. The first-order valence-electron chi connectivity index (χ1n) is 44.1. The Bertz CT molecular complexity index is 5000. The van der Waals surface area contributed by atoms with E-state index in [1.54, 1.807) is 91.3 Å². The predicted molar refractivity (Wildman–Crippen MR) is 497 cm³/mol. The number of phenolic OH excluding ortho intramolecular Hbond substituents is 1. The van der Waals surface area contributed by atoms with Crippen molar-refractivity contribution in [1.82, 2.24) is 95.0 Å². The van der Waals surface area contributed by atoms with Crippen LogP contribution in [0, 0.1) is 10.8 Å². The average Bonchev–Trinajstić information content (AvgIpc) is 1.67. The molecule has 45 nitrogen and oxygen atoms in total. The van der Waals surface area contributed by atoms with Crippen LogP contribution in [0.3, 0.4) is 0 Å². The number of aromatic hydroxyl groups is 1. The fraction of sp³-hybridized carbons (Fsp3) is 0.477. The standard InChI is InChI=1S/C88H126N26O19S/c1-49(115)74-86(132)113-69(43-54-45-101-59-21-9-7-19-57(54)59)84(130)108-64(30-31-71(91)118)79(125)109-65(32-39-134-48-70(103-50(2)116)85(131)107-63(81(127)114-74)25-15-36-99-88(95)96)80(126)111-67(41-52-26-28-55(117)29-27-52)82(128)112-68(42-53-44-100-58-20-8-6-18-56(53)58)83(129)106-62(24-14-35-98-87(93)94)77(123)105-61(23-11-13-34-90)78(124)110-66(40-51-16-4-3-5-17-51)76(122)102-46-72(119)97-37-38-133-47-73(120)104-60(75(92)121)22-10-12-33-89/h3-9,16-21,26-29,44-45,49,60-70,74,100-101,115,117H,10-15,22-25,30-43,46-48,89-90H2,1-2H3,(H2,91,118)(H2,92,121)(H,97,119)(H,102,122)(H,103,116)(H,104,120)(H,105,123)(H,106,129)(H,107,131)(H,108,130)(H,109,125)(H,110,124)(H,111,126)(H,112,128)(H,113,132)(H,114,127)(H4,93,94,98)(H4,95,96,99)/t49-,60-,61+,62+,63+,64+,65+,66+,67+,68+,69+,70-,74+/m1/s1. The van der Waals surface area contributed by atoms with Crippen LogP contribution in [-0.4, -0.2) is 269 Å². The van der Waals surface area contributed by atoms with Gasteiger partial charge in [0.15, 0.2) is 11.9 Å². The van der Waals surface area contributed by atoms with Gasteiger partial charge in [-0.15, -0.1) is 0 Å². The summed E-state index contributed by atoms with van der Waals surface area (Å²) in [5.74, 6) is -16.2. The molecule has 1 fully saturated rings. The molecule has 6 aromatic rings. The molecule has 0 spiro atoms. The summed E-state index contributed by atoms with van der Waals surface area (Å²) in [5.41, 5.74) is 36.8.